The van der Waals surface area contributed by atoms with E-state index in [1.54, 1.807) is 52.9 Å². The molecule has 0 radical (unpaired) electrons. The maximum absolute atomic E-state index is 14.1. The van der Waals surface area contributed by atoms with Gasteiger partial charge in [0.25, 0.3) is 0 Å². The normalized spacial score (nSPS) is 11.7. The first-order valence-electron chi connectivity index (χ1n) is 43.8. The smallest absolute Gasteiger partial charge is 0.352 e. The monoisotopic (exact) mass is 1790 g/mol. The molecule has 17 rings (SSSR count). The molecule has 676 valence electrons. The van der Waals surface area contributed by atoms with Gasteiger partial charge in [0.05, 0.1) is 53.2 Å². The number of primary amides is 1. The summed E-state index contributed by atoms with van der Waals surface area (Å²) >= 11 is 6.21. The highest BCUT2D eigenvalue weighted by Gasteiger charge is 2.39. The van der Waals surface area contributed by atoms with Gasteiger partial charge in [-0.05, 0) is 155 Å². The van der Waals surface area contributed by atoms with Gasteiger partial charge in [0.2, 0.25) is 23.6 Å². The molecule has 132 heavy (non-hydrogen) atoms. The zero-order valence-corrected chi connectivity index (χ0v) is 76.0. The number of aromatic amines is 1. The second kappa shape index (κ2) is 43.6. The Morgan fingerprint density at radius 1 is 0.545 bits per heavy atom. The average Bonchev–Trinajstić information content (AvgIpc) is 1.61. The van der Waals surface area contributed by atoms with Gasteiger partial charge in [0.1, 0.15) is 55.0 Å². The number of halogens is 3. The number of hydrogen-bond donors (Lipinski definition) is 7. The highest BCUT2D eigenvalue weighted by molar-refractivity contribution is 6.33. The topological polar surface area (TPSA) is 282 Å². The molecular formula is C108H108ClF2N10O11+. The maximum Gasteiger partial charge on any atom is 0.352 e. The first kappa shape index (κ1) is 94.9. The number of nitrogens with zero attached hydrogens (tertiary/aromatic N) is 6. The number of carbonyl (C=O) groups excluding carboxylic acids is 5. The Balaban J connectivity index is 0.000000140. The number of nitrogens with two attached hydrogens (primary N) is 1. The van der Waals surface area contributed by atoms with Crippen LogP contribution in [0.15, 0.2) is 285 Å². The Morgan fingerprint density at radius 2 is 1.05 bits per heavy atom. The third kappa shape index (κ3) is 23.5. The Hall–Kier alpha value is -14.7. The lowest BCUT2D eigenvalue weighted by molar-refractivity contribution is -0.694. The molecule has 4 heterocycles. The Bertz CT molecular complexity index is 7020. The molecular weight excluding hydrogens is 1690 g/mol. The van der Waals surface area contributed by atoms with Gasteiger partial charge in [0.15, 0.2) is 16.8 Å². The molecule has 0 saturated carbocycles. The van der Waals surface area contributed by atoms with E-state index >= 15 is 0 Å². The SMILES string of the molecule is CC(=O)c1c(CC(=O)Nc2ccc(C)cc2Cl)c2cc(C)ccc2n1C.CC(F)(F)c1[nH]c2ccccc2[n+]1C[C@@H](O)COc1cccc2ccccc12.CCc1ccccc1NC(=O)Cc1c(C(=O)O)n(C)c2ccc(C)cc12.CCc1nc2ccccc2n1C[C@@H](O)COc1cccc2ccccc12.NC(=O)CCN(Cc1ccccc1)C(=O)Cc1cccc2ccccc12. The van der Waals surface area contributed by atoms with Crippen molar-refractivity contribution in [3.05, 3.63) is 358 Å². The number of aliphatic hydroxyl groups excluding tert-OH is 2. The predicted molar refractivity (Wildman–Crippen MR) is 520 cm³/mol. The fourth-order valence-electron chi connectivity index (χ4n) is 16.6. The van der Waals surface area contributed by atoms with Crippen molar-refractivity contribution in [1.29, 1.82) is 0 Å². The summed E-state index contributed by atoms with van der Waals surface area (Å²) in [7, 11) is 3.57. The number of carboxylic acid groups (broad SMARTS) is 1. The number of ketones is 1. The molecule has 13 aromatic carbocycles. The summed E-state index contributed by atoms with van der Waals surface area (Å²) in [5, 5.41) is 45.1. The number of nitrogens with one attached hydrogen (secondary N) is 3. The first-order chi connectivity index (χ1) is 63.5. The van der Waals surface area contributed by atoms with Crippen molar-refractivity contribution < 1.29 is 66.9 Å². The van der Waals surface area contributed by atoms with Crippen LogP contribution in [0, 0.1) is 20.8 Å². The highest BCUT2D eigenvalue weighted by Crippen LogP contribution is 2.34. The third-order valence-electron chi connectivity index (χ3n) is 23.0. The zero-order chi connectivity index (χ0) is 93.9. The molecule has 8 N–H and O–H groups in total. The fraction of sp³-hybridized carbons (Fsp3) is 0.222. The minimum atomic E-state index is -3.06. The van der Waals surface area contributed by atoms with E-state index in [9.17, 15) is 52.9 Å². The van der Waals surface area contributed by atoms with Crippen LogP contribution < -0.4 is 30.4 Å². The molecule has 2 atom stereocenters. The van der Waals surface area contributed by atoms with E-state index in [1.165, 1.54) is 11.5 Å². The van der Waals surface area contributed by atoms with Crippen molar-refractivity contribution in [1.82, 2.24) is 28.6 Å². The van der Waals surface area contributed by atoms with Crippen LogP contribution in [-0.2, 0) is 90.9 Å². The molecule has 0 bridgehead atoms. The number of carboxylic acids is 1. The Kier molecular flexibility index (Phi) is 31.4. The van der Waals surface area contributed by atoms with Crippen molar-refractivity contribution in [2.75, 3.05) is 30.4 Å². The van der Waals surface area contributed by atoms with Gasteiger partial charge in [-0.15, -0.1) is 0 Å². The molecule has 21 nitrogen and oxygen atoms in total. The standard InChI is InChI=1S/C22H20F2N2O2.2C22H22N2O2.C21H21ClN2O2.C21H22N2O3/c1-22(23,24)21-25-18-10-4-5-11-19(18)26(21)13-16(27)14-28-20-12-6-8-15-7-2-3-9-17(15)20;1-2-22-23-19-11-5-6-12-20(19)24(22)14-17(25)15-26-21-13-7-9-16-8-3-4-10-18(16)21;23-21(25)13-14-24(16-17-7-2-1-3-8-17)22(26)15-19-11-6-10-18-9-4-5-12-20(18)19;1-12-6-8-19-15(9-12)16(21(14(3)25)24(19)4)11-20(26)23-18-7-5-13(2)10-17(18)22;1-4-14-7-5-6-8-17(14)22-19(24)12-16-15-11-13(2)9-10-18(15)23(3)20(16)21(25)26/h2-12,16,27H,13-14H2,1H3;3-13,17,25H,2,14-15H2,1H3;1-12H,13-16H2,(H2,23,25);5-10H,11H2,1-4H3,(H,23,26);5-11H,4,12H2,1-3H3,(H,22,24)(H,25,26)/p+1/t16-;17-;;;/m11.../s1. The number of aromatic carboxylic acids is 1. The van der Waals surface area contributed by atoms with Crippen molar-refractivity contribution in [3.63, 3.8) is 0 Å². The summed E-state index contributed by atoms with van der Waals surface area (Å²) in [5.74, 6) is -2.78. The molecule has 0 spiro atoms. The number of carbonyl (C=O) groups is 6. The van der Waals surface area contributed by atoms with Gasteiger partial charge in [-0.1, -0.05) is 243 Å². The molecule has 0 unspecified atom stereocenters. The van der Waals surface area contributed by atoms with Crippen LogP contribution in [-0.4, -0.2) is 111 Å². The highest BCUT2D eigenvalue weighted by atomic mass is 35.5. The van der Waals surface area contributed by atoms with E-state index in [2.05, 4.69) is 44.2 Å². The van der Waals surface area contributed by atoms with E-state index in [-0.39, 0.29) is 74.0 Å². The number of anilines is 2. The molecule has 0 aliphatic rings. The van der Waals surface area contributed by atoms with E-state index in [4.69, 9.17) is 26.8 Å². The van der Waals surface area contributed by atoms with E-state index in [0.717, 1.165) is 141 Å². The average molecular weight is 1800 g/mol. The molecule has 0 saturated heterocycles. The number of imidazole rings is 2. The molecule has 24 heteroatoms. The molecule has 0 fully saturated rings. The minimum Gasteiger partial charge on any atom is -0.490 e. The van der Waals surface area contributed by atoms with Crippen molar-refractivity contribution in [2.45, 2.75) is 125 Å². The summed E-state index contributed by atoms with van der Waals surface area (Å²) < 4.78 is 46.9. The number of fused-ring (bicyclic) bond motifs is 7. The number of benzene rings is 13. The summed E-state index contributed by atoms with van der Waals surface area (Å²) in [5.41, 5.74) is 19.8. The van der Waals surface area contributed by atoms with Crippen molar-refractivity contribution in [3.8, 4) is 11.5 Å². The lowest BCUT2D eigenvalue weighted by Gasteiger charge is -2.23. The predicted octanol–water partition coefficient (Wildman–Crippen LogP) is 20.4. The second-order valence-corrected chi connectivity index (χ2v) is 33.2. The maximum atomic E-state index is 14.1. The number of alkyl halides is 2. The van der Waals surface area contributed by atoms with Crippen LogP contribution in [0.5, 0.6) is 11.5 Å². The first-order valence-corrected chi connectivity index (χ1v) is 44.2. The molecule has 0 aliphatic heterocycles. The van der Waals surface area contributed by atoms with E-state index in [0.29, 0.717) is 64.8 Å². The summed E-state index contributed by atoms with van der Waals surface area (Å²) in [6, 6.07) is 91.3. The minimum absolute atomic E-state index is 0.00472. The molecule has 4 amide bonds. The number of ether oxygens (including phenoxy) is 2. The van der Waals surface area contributed by atoms with E-state index in [1.807, 2.05) is 276 Å². The van der Waals surface area contributed by atoms with Gasteiger partial charge in [-0.25, -0.2) is 19.3 Å². The number of hydrogen-bond acceptors (Lipinski definition) is 11. The fourth-order valence-corrected chi connectivity index (χ4v) is 16.9. The Labute approximate surface area is 769 Å². The van der Waals surface area contributed by atoms with Gasteiger partial charge < -0.3 is 59.8 Å². The number of para-hydroxylation sites is 5. The van der Waals surface area contributed by atoms with Crippen LogP contribution in [0.4, 0.5) is 20.2 Å². The molecule has 17 aromatic rings. The molecule has 0 aliphatic carbocycles. The number of H-pyrrole nitrogens is 1. The van der Waals surface area contributed by atoms with Crippen LogP contribution in [0.1, 0.15) is 111 Å². The van der Waals surface area contributed by atoms with Crippen LogP contribution in [0.2, 0.25) is 5.02 Å². The largest absolute Gasteiger partial charge is 0.490 e. The van der Waals surface area contributed by atoms with Gasteiger partial charge in [-0.3, -0.25) is 24.0 Å². The zero-order valence-electron chi connectivity index (χ0n) is 75.3. The number of rotatable bonds is 28. The second-order valence-electron chi connectivity index (χ2n) is 32.8. The summed E-state index contributed by atoms with van der Waals surface area (Å²) in [6.07, 6.45) is 0.651. The number of aryl methyl sites for hydroxylation is 7. The van der Waals surface area contributed by atoms with Crippen LogP contribution >= 0.6 is 11.6 Å². The van der Waals surface area contributed by atoms with E-state index < -0.39 is 30.0 Å². The molecule has 4 aromatic heterocycles. The van der Waals surface area contributed by atoms with Crippen molar-refractivity contribution in [2.24, 2.45) is 19.8 Å². The summed E-state index contributed by atoms with van der Waals surface area (Å²) in [6.45, 7) is 13.9. The van der Waals surface area contributed by atoms with Crippen molar-refractivity contribution >= 4 is 135 Å². The summed E-state index contributed by atoms with van der Waals surface area (Å²) in [4.78, 5) is 82.6. The quantitative estimate of drug-likeness (QED) is 0.0178. The Morgan fingerprint density at radius 3 is 1.64 bits per heavy atom. The lowest BCUT2D eigenvalue weighted by atomic mass is 10.0. The van der Waals surface area contributed by atoms with Gasteiger partial charge in [-0.2, -0.15) is 8.78 Å². The number of aromatic nitrogens is 6. The third-order valence-corrected chi connectivity index (χ3v) is 23.3. The van der Waals surface area contributed by atoms with Crippen LogP contribution in [0.3, 0.4) is 0 Å². The number of amides is 4. The number of aliphatic hydroxyl groups is 2. The van der Waals surface area contributed by atoms with Crippen LogP contribution in [0.25, 0.3) is 76.2 Å². The van der Waals surface area contributed by atoms with Gasteiger partial charge >= 0.3 is 17.7 Å². The van der Waals surface area contributed by atoms with Gasteiger partial charge in [0, 0.05) is 97.7 Å². The number of Topliss-reactive ketones (excluding diaryl/α,β-unsaturated/α-hetero) is 1. The lowest BCUT2D eigenvalue weighted by Crippen LogP contribution is -2.47.